The number of rotatable bonds is 4. The molecule has 0 bridgehead atoms. The van der Waals surface area contributed by atoms with Gasteiger partial charge in [0.2, 0.25) is 23.5 Å². The summed E-state index contributed by atoms with van der Waals surface area (Å²) in [7, 11) is 3.38. The quantitative estimate of drug-likeness (QED) is 0.561. The van der Waals surface area contributed by atoms with Gasteiger partial charge in [0, 0.05) is 55.7 Å². The molecule has 1 N–H and O–H groups in total. The molecule has 4 aromatic rings. The molecule has 1 saturated heterocycles. The second-order valence-corrected chi connectivity index (χ2v) is 7.04. The van der Waals surface area contributed by atoms with Crippen molar-refractivity contribution in [1.29, 1.82) is 0 Å². The van der Waals surface area contributed by atoms with Gasteiger partial charge in [-0.15, -0.1) is 5.10 Å². The standard InChI is InChI=1S/C19H20N8O2/c1-25-7-3-4-14(17(25)28)22-18-23-16(29-2)15-13(5-8-27(15)24-18)12-10-21-19-20-6-9-26(19)11-12/h5-6,8-11,14H,3-4,7H2,1-2H3,(H,22,24)/t14-/m0/s1. The van der Waals surface area contributed by atoms with Crippen LogP contribution in [0.5, 0.6) is 5.88 Å². The minimum atomic E-state index is -0.334. The summed E-state index contributed by atoms with van der Waals surface area (Å²) >= 11 is 0. The number of likely N-dealkylation sites (tertiary alicyclic amines) is 1. The van der Waals surface area contributed by atoms with Crippen LogP contribution < -0.4 is 10.1 Å². The Kier molecular flexibility index (Phi) is 4.04. The predicted molar refractivity (Wildman–Crippen MR) is 106 cm³/mol. The van der Waals surface area contributed by atoms with E-state index in [2.05, 4.69) is 25.4 Å². The van der Waals surface area contributed by atoms with E-state index in [0.29, 0.717) is 17.6 Å². The van der Waals surface area contributed by atoms with E-state index in [1.807, 2.05) is 36.1 Å². The molecule has 10 heteroatoms. The predicted octanol–water partition coefficient (Wildman–Crippen LogP) is 1.48. The second-order valence-electron chi connectivity index (χ2n) is 7.04. The van der Waals surface area contributed by atoms with Crippen LogP contribution in [-0.2, 0) is 4.79 Å². The number of amides is 1. The zero-order valence-corrected chi connectivity index (χ0v) is 16.1. The number of hydrogen-bond donors (Lipinski definition) is 1. The maximum absolute atomic E-state index is 12.4. The van der Waals surface area contributed by atoms with Crippen molar-refractivity contribution in [3.05, 3.63) is 37.1 Å². The van der Waals surface area contributed by atoms with Gasteiger partial charge in [-0.3, -0.25) is 9.20 Å². The highest BCUT2D eigenvalue weighted by molar-refractivity contribution is 5.86. The highest BCUT2D eigenvalue weighted by Crippen LogP contribution is 2.31. The Balaban J connectivity index is 1.54. The van der Waals surface area contributed by atoms with Crippen molar-refractivity contribution in [3.63, 3.8) is 0 Å². The summed E-state index contributed by atoms with van der Waals surface area (Å²) in [6, 6.07) is 1.61. The lowest BCUT2D eigenvalue weighted by molar-refractivity contribution is -0.132. The molecule has 29 heavy (non-hydrogen) atoms. The molecule has 0 saturated carbocycles. The second kappa shape index (κ2) is 6.73. The Hall–Kier alpha value is -3.69. The van der Waals surface area contributed by atoms with E-state index in [-0.39, 0.29) is 11.9 Å². The molecule has 0 aliphatic carbocycles. The van der Waals surface area contributed by atoms with Crippen molar-refractivity contribution in [2.45, 2.75) is 18.9 Å². The minimum absolute atomic E-state index is 0.0480. The van der Waals surface area contributed by atoms with Gasteiger partial charge in [-0.05, 0) is 18.9 Å². The molecular formula is C19H20N8O2. The number of nitrogens with zero attached hydrogens (tertiary/aromatic N) is 7. The van der Waals surface area contributed by atoms with E-state index >= 15 is 0 Å². The van der Waals surface area contributed by atoms with E-state index in [1.165, 1.54) is 0 Å². The van der Waals surface area contributed by atoms with Gasteiger partial charge >= 0.3 is 0 Å². The van der Waals surface area contributed by atoms with Gasteiger partial charge in [0.05, 0.1) is 7.11 Å². The SMILES string of the molecule is COc1nc(N[C@H]2CCCN(C)C2=O)nn2ccc(-c3cnc4nccn4c3)c12. The number of hydrogen-bond acceptors (Lipinski definition) is 7. The fourth-order valence-corrected chi connectivity index (χ4v) is 3.71. The Morgan fingerprint density at radius 1 is 1.28 bits per heavy atom. The van der Waals surface area contributed by atoms with E-state index in [4.69, 9.17) is 4.74 Å². The molecule has 4 aromatic heterocycles. The number of aromatic nitrogens is 6. The third kappa shape index (κ3) is 2.93. The molecule has 0 radical (unpaired) electrons. The van der Waals surface area contributed by atoms with Crippen LogP contribution >= 0.6 is 0 Å². The van der Waals surface area contributed by atoms with Crippen LogP contribution in [0.4, 0.5) is 5.95 Å². The van der Waals surface area contributed by atoms with Gasteiger partial charge in [-0.2, -0.15) is 4.98 Å². The number of carbonyl (C=O) groups is 1. The topological polar surface area (TPSA) is 102 Å². The van der Waals surface area contributed by atoms with Crippen molar-refractivity contribution >= 4 is 23.1 Å². The van der Waals surface area contributed by atoms with Crippen LogP contribution in [0, 0.1) is 0 Å². The highest BCUT2D eigenvalue weighted by Gasteiger charge is 2.27. The summed E-state index contributed by atoms with van der Waals surface area (Å²) in [5.74, 6) is 1.46. The first-order chi connectivity index (χ1) is 14.1. The Morgan fingerprint density at radius 3 is 3.03 bits per heavy atom. The Morgan fingerprint density at radius 2 is 2.17 bits per heavy atom. The zero-order chi connectivity index (χ0) is 20.0. The normalized spacial score (nSPS) is 17.2. The number of nitrogens with one attached hydrogen (secondary N) is 1. The first-order valence-electron chi connectivity index (χ1n) is 9.38. The minimum Gasteiger partial charge on any atom is -0.479 e. The molecule has 5 heterocycles. The lowest BCUT2D eigenvalue weighted by atomic mass is 10.1. The smallest absolute Gasteiger partial charge is 0.244 e. The summed E-state index contributed by atoms with van der Waals surface area (Å²) in [4.78, 5) is 27.2. The molecule has 1 atom stereocenters. The van der Waals surface area contributed by atoms with E-state index < -0.39 is 0 Å². The third-order valence-corrected chi connectivity index (χ3v) is 5.19. The maximum atomic E-state index is 12.4. The maximum Gasteiger partial charge on any atom is 0.244 e. The highest BCUT2D eigenvalue weighted by atomic mass is 16.5. The number of ether oxygens (including phenoxy) is 1. The van der Waals surface area contributed by atoms with Gasteiger partial charge < -0.3 is 15.0 Å². The van der Waals surface area contributed by atoms with Gasteiger partial charge in [0.25, 0.3) is 0 Å². The van der Waals surface area contributed by atoms with Gasteiger partial charge in [-0.1, -0.05) is 0 Å². The first kappa shape index (κ1) is 17.4. The van der Waals surface area contributed by atoms with Crippen LogP contribution in [-0.4, -0.2) is 66.5 Å². The molecule has 0 unspecified atom stereocenters. The monoisotopic (exact) mass is 392 g/mol. The lowest BCUT2D eigenvalue weighted by Crippen LogP contribution is -2.45. The number of anilines is 1. The summed E-state index contributed by atoms with van der Waals surface area (Å²) in [6.07, 6.45) is 10.8. The van der Waals surface area contributed by atoms with Crippen LogP contribution in [0.25, 0.3) is 22.4 Å². The molecule has 1 fully saturated rings. The zero-order valence-electron chi connectivity index (χ0n) is 16.1. The van der Waals surface area contributed by atoms with Crippen LogP contribution in [0.2, 0.25) is 0 Å². The lowest BCUT2D eigenvalue weighted by Gasteiger charge is -2.29. The summed E-state index contributed by atoms with van der Waals surface area (Å²) in [6.45, 7) is 0.774. The number of carbonyl (C=O) groups excluding carboxylic acids is 1. The number of piperidine rings is 1. The molecule has 1 amide bonds. The van der Waals surface area contributed by atoms with Gasteiger partial charge in [0.15, 0.2) is 0 Å². The van der Waals surface area contributed by atoms with Crippen LogP contribution in [0.3, 0.4) is 0 Å². The number of imidazole rings is 1. The summed E-state index contributed by atoms with van der Waals surface area (Å²) < 4.78 is 9.11. The molecule has 148 valence electrons. The van der Waals surface area contributed by atoms with E-state index in [9.17, 15) is 4.79 Å². The average Bonchev–Trinajstić information content (AvgIpc) is 3.37. The van der Waals surface area contributed by atoms with Gasteiger partial charge in [0.1, 0.15) is 11.6 Å². The fourth-order valence-electron chi connectivity index (χ4n) is 3.71. The van der Waals surface area contributed by atoms with E-state index in [0.717, 1.165) is 36.0 Å². The van der Waals surface area contributed by atoms with Gasteiger partial charge in [-0.25, -0.2) is 14.5 Å². The molecular weight excluding hydrogens is 372 g/mol. The first-order valence-corrected chi connectivity index (χ1v) is 9.38. The molecule has 1 aliphatic heterocycles. The fraction of sp³-hybridized carbons (Fsp3) is 0.316. The number of fused-ring (bicyclic) bond motifs is 2. The Labute approximate surface area is 166 Å². The molecule has 0 spiro atoms. The van der Waals surface area contributed by atoms with Crippen molar-refractivity contribution in [1.82, 2.24) is 33.9 Å². The van der Waals surface area contributed by atoms with Crippen molar-refractivity contribution in [3.8, 4) is 17.0 Å². The largest absolute Gasteiger partial charge is 0.479 e. The molecule has 1 aliphatic rings. The molecule has 5 rings (SSSR count). The molecule has 0 aromatic carbocycles. The Bertz CT molecular complexity index is 1210. The van der Waals surface area contributed by atoms with Crippen LogP contribution in [0.15, 0.2) is 37.1 Å². The molecule has 10 nitrogen and oxygen atoms in total. The van der Waals surface area contributed by atoms with Crippen molar-refractivity contribution < 1.29 is 9.53 Å². The van der Waals surface area contributed by atoms with Crippen molar-refractivity contribution in [2.24, 2.45) is 0 Å². The third-order valence-electron chi connectivity index (χ3n) is 5.19. The number of likely N-dealkylation sites (N-methyl/N-ethyl adjacent to an activating group) is 1. The average molecular weight is 392 g/mol. The number of methoxy groups -OCH3 is 1. The van der Waals surface area contributed by atoms with Crippen LogP contribution in [0.1, 0.15) is 12.8 Å². The summed E-state index contributed by atoms with van der Waals surface area (Å²) in [5, 5.41) is 7.70. The summed E-state index contributed by atoms with van der Waals surface area (Å²) in [5.41, 5.74) is 2.51. The van der Waals surface area contributed by atoms with Crippen molar-refractivity contribution in [2.75, 3.05) is 26.0 Å². The van der Waals surface area contributed by atoms with E-state index in [1.54, 1.807) is 28.9 Å².